The summed E-state index contributed by atoms with van der Waals surface area (Å²) in [7, 11) is 0. The Balaban J connectivity index is 1.51. The van der Waals surface area contributed by atoms with E-state index in [0.717, 1.165) is 28.1 Å². The first-order valence-electron chi connectivity index (χ1n) is 14.1. The normalized spacial score (nSPS) is 11.9. The van der Waals surface area contributed by atoms with E-state index >= 15 is 0 Å². The van der Waals surface area contributed by atoms with Crippen LogP contribution in [0.25, 0.3) is 6.08 Å². The number of benzene rings is 4. The summed E-state index contributed by atoms with van der Waals surface area (Å²) in [6.45, 7) is 6.04. The summed E-state index contributed by atoms with van der Waals surface area (Å²) < 4.78 is 0. The van der Waals surface area contributed by atoms with Crippen LogP contribution in [-0.2, 0) is 16.0 Å². The molecular weight excluding hydrogens is 578 g/mol. The smallest absolute Gasteiger partial charge is 0.272 e. The molecule has 0 aromatic heterocycles. The number of carbonyl (C=O) groups excluding carboxylic acids is 3. The quantitative estimate of drug-likeness (QED) is 0.118. The average Bonchev–Trinajstić information content (AvgIpc) is 3.02. The minimum atomic E-state index is -0.488. The summed E-state index contributed by atoms with van der Waals surface area (Å²) in [4.78, 5) is 40.5. The zero-order valence-electron chi connectivity index (χ0n) is 24.3. The first-order chi connectivity index (χ1) is 20.8. The van der Waals surface area contributed by atoms with Crippen LogP contribution in [0.3, 0.4) is 0 Å². The molecule has 0 saturated carbocycles. The predicted octanol–water partition coefficient (Wildman–Crippen LogP) is 8.13. The molecule has 4 rings (SSSR count). The summed E-state index contributed by atoms with van der Waals surface area (Å²) in [5.74, 6) is -0.961. The maximum Gasteiger partial charge on any atom is 0.272 e. The first kappa shape index (κ1) is 31.6. The summed E-state index contributed by atoms with van der Waals surface area (Å²) >= 11 is 7.46. The van der Waals surface area contributed by atoms with Crippen molar-refractivity contribution in [2.24, 2.45) is 0 Å². The Morgan fingerprint density at radius 3 is 2.28 bits per heavy atom. The van der Waals surface area contributed by atoms with Crippen molar-refractivity contribution < 1.29 is 14.4 Å². The second-order valence-corrected chi connectivity index (χ2v) is 11.6. The van der Waals surface area contributed by atoms with Gasteiger partial charge in [-0.1, -0.05) is 80.0 Å². The van der Waals surface area contributed by atoms with Crippen LogP contribution in [-0.4, -0.2) is 23.0 Å². The molecule has 220 valence electrons. The van der Waals surface area contributed by atoms with Crippen molar-refractivity contribution in [3.05, 3.63) is 130 Å². The molecule has 4 aromatic carbocycles. The Kier molecular flexibility index (Phi) is 11.2. The monoisotopic (exact) mass is 611 g/mol. The molecule has 3 amide bonds. The Morgan fingerprint density at radius 2 is 1.58 bits per heavy atom. The lowest BCUT2D eigenvalue weighted by molar-refractivity contribution is -0.116. The van der Waals surface area contributed by atoms with Crippen molar-refractivity contribution in [1.29, 1.82) is 0 Å². The van der Waals surface area contributed by atoms with E-state index in [2.05, 4.69) is 22.9 Å². The molecule has 0 fully saturated rings. The molecular formula is C35H34ClN3O3S. The Bertz CT molecular complexity index is 1620. The number of amides is 3. The van der Waals surface area contributed by atoms with E-state index in [1.54, 1.807) is 60.7 Å². The van der Waals surface area contributed by atoms with Gasteiger partial charge in [0.1, 0.15) is 5.70 Å². The maximum atomic E-state index is 13.5. The Hall–Kier alpha value is -4.33. The topological polar surface area (TPSA) is 87.3 Å². The lowest BCUT2D eigenvalue weighted by atomic mass is 10.1. The van der Waals surface area contributed by atoms with Crippen LogP contribution in [0, 0.1) is 6.92 Å². The number of nitrogens with one attached hydrogen (secondary N) is 3. The van der Waals surface area contributed by atoms with E-state index in [4.69, 9.17) is 11.6 Å². The molecule has 43 heavy (non-hydrogen) atoms. The summed E-state index contributed by atoms with van der Waals surface area (Å²) in [5, 5.41) is 9.00. The minimum absolute atomic E-state index is 0.0669. The van der Waals surface area contributed by atoms with Crippen molar-refractivity contribution >= 4 is 58.5 Å². The number of hydrogen-bond donors (Lipinski definition) is 3. The lowest BCUT2D eigenvalue weighted by Crippen LogP contribution is -2.30. The van der Waals surface area contributed by atoms with Gasteiger partial charge in [0, 0.05) is 26.9 Å². The highest BCUT2D eigenvalue weighted by Gasteiger charge is 2.21. The molecule has 1 atom stereocenters. The highest BCUT2D eigenvalue weighted by atomic mass is 35.5. The molecule has 0 bridgehead atoms. The molecule has 0 saturated heterocycles. The highest BCUT2D eigenvalue weighted by Crippen LogP contribution is 2.30. The molecule has 0 aliphatic heterocycles. The SMILES string of the molecule is CCc1cccc(C)c1NC(=O)C(CC)Sc1cccc(NC(=O)/C(=C\c2ccc(Cl)cc2)NC(=O)c2ccccc2)c1. The molecule has 0 aliphatic carbocycles. The number of anilines is 2. The van der Waals surface area contributed by atoms with Gasteiger partial charge >= 0.3 is 0 Å². The summed E-state index contributed by atoms with van der Waals surface area (Å²) in [6.07, 6.45) is 3.04. The Labute approximate surface area is 261 Å². The predicted molar refractivity (Wildman–Crippen MR) is 178 cm³/mol. The largest absolute Gasteiger partial charge is 0.325 e. The van der Waals surface area contributed by atoms with Crippen LogP contribution < -0.4 is 16.0 Å². The maximum absolute atomic E-state index is 13.5. The van der Waals surface area contributed by atoms with Crippen LogP contribution in [0.4, 0.5) is 11.4 Å². The van der Waals surface area contributed by atoms with Gasteiger partial charge in [0.2, 0.25) is 5.91 Å². The number of carbonyl (C=O) groups is 3. The third-order valence-corrected chi connectivity index (χ3v) is 8.34. The standard InChI is InChI=1S/C35H34ClN3O3S/c1-4-25-14-9-11-23(3)32(25)39-35(42)31(5-2)43-29-16-10-15-28(22-29)37-34(41)30(21-24-17-19-27(36)20-18-24)38-33(40)26-12-7-6-8-13-26/h6-22,31H,4-5H2,1-3H3,(H,37,41)(H,38,40)(H,39,42)/b30-21+. The summed E-state index contributed by atoms with van der Waals surface area (Å²) in [6, 6.07) is 29.0. The van der Waals surface area contributed by atoms with Crippen molar-refractivity contribution in [3.8, 4) is 0 Å². The zero-order valence-corrected chi connectivity index (χ0v) is 25.9. The van der Waals surface area contributed by atoms with Crippen LogP contribution in [0.5, 0.6) is 0 Å². The van der Waals surface area contributed by atoms with E-state index in [0.29, 0.717) is 28.3 Å². The van der Waals surface area contributed by atoms with Gasteiger partial charge in [-0.3, -0.25) is 14.4 Å². The fourth-order valence-corrected chi connectivity index (χ4v) is 5.55. The van der Waals surface area contributed by atoms with Gasteiger partial charge in [-0.05, 0) is 85.0 Å². The lowest BCUT2D eigenvalue weighted by Gasteiger charge is -2.18. The molecule has 4 aromatic rings. The Morgan fingerprint density at radius 1 is 0.860 bits per heavy atom. The molecule has 1 unspecified atom stereocenters. The number of thioether (sulfide) groups is 1. The summed E-state index contributed by atoms with van der Waals surface area (Å²) in [5.41, 5.74) is 4.73. The first-order valence-corrected chi connectivity index (χ1v) is 15.3. The molecule has 0 aliphatic rings. The van der Waals surface area contributed by atoms with Crippen molar-refractivity contribution in [2.75, 3.05) is 10.6 Å². The molecule has 3 N–H and O–H groups in total. The van der Waals surface area contributed by atoms with Crippen LogP contribution in [0.2, 0.25) is 5.02 Å². The fourth-order valence-electron chi connectivity index (χ4n) is 4.41. The number of halogens is 1. The fraction of sp³-hybridized carbons (Fsp3) is 0.171. The number of para-hydroxylation sites is 1. The average molecular weight is 612 g/mol. The number of rotatable bonds is 11. The van der Waals surface area contributed by atoms with Gasteiger partial charge in [-0.25, -0.2) is 0 Å². The molecule has 0 radical (unpaired) electrons. The third kappa shape index (κ3) is 8.83. The second kappa shape index (κ2) is 15.2. The van der Waals surface area contributed by atoms with E-state index in [9.17, 15) is 14.4 Å². The van der Waals surface area contributed by atoms with Crippen molar-refractivity contribution in [1.82, 2.24) is 5.32 Å². The van der Waals surface area contributed by atoms with E-state index in [1.807, 2.05) is 56.3 Å². The molecule has 8 heteroatoms. The zero-order chi connectivity index (χ0) is 30.8. The molecule has 0 spiro atoms. The van der Waals surface area contributed by atoms with Crippen molar-refractivity contribution in [3.63, 3.8) is 0 Å². The van der Waals surface area contributed by atoms with Gasteiger partial charge in [-0.15, -0.1) is 11.8 Å². The second-order valence-electron chi connectivity index (χ2n) is 9.88. The van der Waals surface area contributed by atoms with Gasteiger partial charge in [0.15, 0.2) is 0 Å². The van der Waals surface area contributed by atoms with Crippen LogP contribution in [0.15, 0.2) is 108 Å². The van der Waals surface area contributed by atoms with Gasteiger partial charge in [0.05, 0.1) is 5.25 Å². The van der Waals surface area contributed by atoms with E-state index in [1.165, 1.54) is 11.8 Å². The van der Waals surface area contributed by atoms with Gasteiger partial charge < -0.3 is 16.0 Å². The third-order valence-electron chi connectivity index (χ3n) is 6.73. The van der Waals surface area contributed by atoms with Crippen molar-refractivity contribution in [2.45, 2.75) is 43.8 Å². The molecule has 6 nitrogen and oxygen atoms in total. The van der Waals surface area contributed by atoms with Gasteiger partial charge in [-0.2, -0.15) is 0 Å². The van der Waals surface area contributed by atoms with E-state index in [-0.39, 0.29) is 16.9 Å². The van der Waals surface area contributed by atoms with Crippen LogP contribution >= 0.6 is 23.4 Å². The molecule has 0 heterocycles. The highest BCUT2D eigenvalue weighted by molar-refractivity contribution is 8.00. The number of aryl methyl sites for hydroxylation is 2. The van der Waals surface area contributed by atoms with Gasteiger partial charge in [0.25, 0.3) is 11.8 Å². The minimum Gasteiger partial charge on any atom is -0.325 e. The van der Waals surface area contributed by atoms with Crippen LogP contribution in [0.1, 0.15) is 47.3 Å². The number of hydrogen-bond acceptors (Lipinski definition) is 4. The van der Waals surface area contributed by atoms with E-state index < -0.39 is 11.8 Å².